The first kappa shape index (κ1) is 22.1. The second-order valence-electron chi connectivity index (χ2n) is 8.16. The van der Waals surface area contributed by atoms with Crippen LogP contribution in [0.5, 0.6) is 0 Å². The average Bonchev–Trinajstić information content (AvgIpc) is 3.08. The van der Waals surface area contributed by atoms with Crippen LogP contribution in [0.25, 0.3) is 0 Å². The molecular formula is C22H28N6O3S. The van der Waals surface area contributed by atoms with Crippen LogP contribution in [0.4, 0.5) is 23.1 Å². The van der Waals surface area contributed by atoms with Crippen LogP contribution in [0.1, 0.15) is 49.3 Å². The molecule has 0 radical (unpaired) electrons. The first-order valence-electron chi connectivity index (χ1n) is 10.8. The van der Waals surface area contributed by atoms with Crippen LogP contribution in [0.2, 0.25) is 0 Å². The molecule has 2 heterocycles. The van der Waals surface area contributed by atoms with Crippen LogP contribution in [-0.2, 0) is 10.0 Å². The van der Waals surface area contributed by atoms with Gasteiger partial charge in [0.15, 0.2) is 10.7 Å². The highest BCUT2D eigenvalue weighted by atomic mass is 32.2. The summed E-state index contributed by atoms with van der Waals surface area (Å²) in [7, 11) is -3.78. The van der Waals surface area contributed by atoms with Crippen LogP contribution in [0, 0.1) is 20.8 Å². The van der Waals surface area contributed by atoms with E-state index in [1.165, 1.54) is 19.3 Å². The van der Waals surface area contributed by atoms with Gasteiger partial charge in [-0.25, -0.2) is 13.4 Å². The lowest BCUT2D eigenvalue weighted by atomic mass is 9.96. The van der Waals surface area contributed by atoms with Crippen molar-refractivity contribution >= 4 is 33.2 Å². The molecule has 3 aromatic rings. The summed E-state index contributed by atoms with van der Waals surface area (Å²) in [6.45, 7) is 5.10. The van der Waals surface area contributed by atoms with Crippen LogP contribution in [0.15, 0.2) is 39.8 Å². The van der Waals surface area contributed by atoms with Crippen molar-refractivity contribution in [2.75, 3.05) is 15.4 Å². The van der Waals surface area contributed by atoms with Crippen molar-refractivity contribution in [1.82, 2.24) is 15.1 Å². The van der Waals surface area contributed by atoms with Gasteiger partial charge in [0, 0.05) is 29.2 Å². The van der Waals surface area contributed by atoms with E-state index in [1.54, 1.807) is 38.1 Å². The van der Waals surface area contributed by atoms with Crippen molar-refractivity contribution in [2.45, 2.75) is 63.8 Å². The van der Waals surface area contributed by atoms with Crippen LogP contribution >= 0.6 is 0 Å². The van der Waals surface area contributed by atoms with Gasteiger partial charge in [-0.05, 0) is 57.9 Å². The first-order chi connectivity index (χ1) is 15.3. The maximum Gasteiger partial charge on any atom is 0.267 e. The Kier molecular flexibility index (Phi) is 6.31. The Hall–Kier alpha value is -3.14. The number of sulfonamides is 1. The van der Waals surface area contributed by atoms with Gasteiger partial charge in [-0.2, -0.15) is 4.98 Å². The fourth-order valence-corrected chi connectivity index (χ4v) is 5.35. The molecule has 170 valence electrons. The fraction of sp³-hybridized carbons (Fsp3) is 0.409. The molecule has 0 amide bonds. The molecule has 0 saturated heterocycles. The molecule has 1 aromatic carbocycles. The molecule has 0 spiro atoms. The van der Waals surface area contributed by atoms with Crippen molar-refractivity contribution in [2.24, 2.45) is 0 Å². The highest BCUT2D eigenvalue weighted by molar-refractivity contribution is 7.92. The zero-order valence-electron chi connectivity index (χ0n) is 18.5. The van der Waals surface area contributed by atoms with E-state index in [0.29, 0.717) is 29.2 Å². The van der Waals surface area contributed by atoms with Gasteiger partial charge in [0.25, 0.3) is 10.0 Å². The Morgan fingerprint density at radius 3 is 2.31 bits per heavy atom. The molecule has 2 aromatic heterocycles. The summed E-state index contributed by atoms with van der Waals surface area (Å²) in [5.74, 6) is 1.56. The Labute approximate surface area is 188 Å². The van der Waals surface area contributed by atoms with Gasteiger partial charge >= 0.3 is 0 Å². The van der Waals surface area contributed by atoms with Gasteiger partial charge < -0.3 is 15.2 Å². The predicted octanol–water partition coefficient (Wildman–Crippen LogP) is 4.68. The molecular weight excluding hydrogens is 428 g/mol. The monoisotopic (exact) mass is 456 g/mol. The summed E-state index contributed by atoms with van der Waals surface area (Å²) in [6, 6.07) is 9.25. The quantitative estimate of drug-likeness (QED) is 0.468. The van der Waals surface area contributed by atoms with E-state index in [9.17, 15) is 8.42 Å². The van der Waals surface area contributed by atoms with E-state index in [2.05, 4.69) is 30.5 Å². The maximum atomic E-state index is 12.7. The molecule has 0 unspecified atom stereocenters. The van der Waals surface area contributed by atoms with Crippen molar-refractivity contribution in [3.63, 3.8) is 0 Å². The lowest BCUT2D eigenvalue weighted by Gasteiger charge is -2.23. The number of benzene rings is 1. The lowest BCUT2D eigenvalue weighted by Crippen LogP contribution is -2.23. The van der Waals surface area contributed by atoms with Gasteiger partial charge in [-0.3, -0.25) is 4.72 Å². The summed E-state index contributed by atoms with van der Waals surface area (Å²) in [6.07, 6.45) is 6.06. The topological polar surface area (TPSA) is 122 Å². The number of rotatable bonds is 7. The zero-order valence-corrected chi connectivity index (χ0v) is 19.3. The molecule has 10 heteroatoms. The minimum absolute atomic E-state index is 0.0640. The van der Waals surface area contributed by atoms with E-state index in [4.69, 9.17) is 4.52 Å². The number of aryl methyl sites for hydroxylation is 3. The Balaban J connectivity index is 1.44. The van der Waals surface area contributed by atoms with Gasteiger partial charge in [-0.1, -0.05) is 24.4 Å². The van der Waals surface area contributed by atoms with E-state index >= 15 is 0 Å². The number of hydrogen-bond acceptors (Lipinski definition) is 8. The van der Waals surface area contributed by atoms with Crippen LogP contribution in [-0.4, -0.2) is 29.6 Å². The smallest absolute Gasteiger partial charge is 0.267 e. The normalized spacial score (nSPS) is 14.8. The third-order valence-electron chi connectivity index (χ3n) is 5.44. The third-order valence-corrected chi connectivity index (χ3v) is 7.06. The summed E-state index contributed by atoms with van der Waals surface area (Å²) in [5.41, 5.74) is 2.41. The zero-order chi connectivity index (χ0) is 22.7. The van der Waals surface area contributed by atoms with Crippen LogP contribution < -0.4 is 15.4 Å². The predicted molar refractivity (Wildman–Crippen MR) is 124 cm³/mol. The van der Waals surface area contributed by atoms with Crippen molar-refractivity contribution in [3.8, 4) is 0 Å². The molecule has 9 nitrogen and oxygen atoms in total. The van der Waals surface area contributed by atoms with Gasteiger partial charge in [-0.15, -0.1) is 0 Å². The molecule has 4 rings (SSSR count). The molecule has 1 aliphatic rings. The van der Waals surface area contributed by atoms with E-state index in [-0.39, 0.29) is 10.7 Å². The van der Waals surface area contributed by atoms with Crippen molar-refractivity contribution in [1.29, 1.82) is 0 Å². The van der Waals surface area contributed by atoms with Gasteiger partial charge in [0.2, 0.25) is 5.95 Å². The largest absolute Gasteiger partial charge is 0.360 e. The van der Waals surface area contributed by atoms with Crippen molar-refractivity contribution < 1.29 is 12.9 Å². The summed E-state index contributed by atoms with van der Waals surface area (Å²) < 4.78 is 32.9. The van der Waals surface area contributed by atoms with Gasteiger partial charge in [0.05, 0.1) is 0 Å². The molecule has 32 heavy (non-hydrogen) atoms. The Morgan fingerprint density at radius 1 is 0.969 bits per heavy atom. The molecule has 0 atom stereocenters. The Morgan fingerprint density at radius 2 is 1.66 bits per heavy atom. The Bertz CT molecular complexity index is 1170. The summed E-state index contributed by atoms with van der Waals surface area (Å²) >= 11 is 0. The molecule has 1 fully saturated rings. The van der Waals surface area contributed by atoms with E-state index in [1.807, 2.05) is 13.0 Å². The van der Waals surface area contributed by atoms with Crippen LogP contribution in [0.3, 0.4) is 0 Å². The third kappa shape index (κ3) is 5.18. The summed E-state index contributed by atoms with van der Waals surface area (Å²) in [4.78, 5) is 9.17. The molecule has 0 bridgehead atoms. The number of hydrogen-bond donors (Lipinski definition) is 3. The lowest BCUT2D eigenvalue weighted by molar-refractivity contribution is 0.390. The number of anilines is 4. The number of nitrogens with zero attached hydrogens (tertiary/aromatic N) is 3. The molecule has 1 aliphatic carbocycles. The first-order valence-corrected chi connectivity index (χ1v) is 12.2. The highest BCUT2D eigenvalue weighted by Gasteiger charge is 2.24. The summed E-state index contributed by atoms with van der Waals surface area (Å²) in [5, 5.41) is 10.4. The maximum absolute atomic E-state index is 12.7. The standard InChI is InChI=1S/C22H28N6O3S/c1-14-13-20(26-22(23-14)25-17-7-5-4-6-8-17)24-18-9-11-19(12-10-18)28-32(29,30)21-15(2)27-31-16(21)3/h9-13,17,28H,4-8H2,1-3H3,(H2,23,24,25,26). The van der Waals surface area contributed by atoms with E-state index in [0.717, 1.165) is 24.2 Å². The second-order valence-corrected chi connectivity index (χ2v) is 9.78. The average molecular weight is 457 g/mol. The SMILES string of the molecule is Cc1cc(Nc2ccc(NS(=O)(=O)c3c(C)noc3C)cc2)nc(NC2CCCCC2)n1. The molecule has 1 saturated carbocycles. The second kappa shape index (κ2) is 9.15. The fourth-order valence-electron chi connectivity index (χ4n) is 3.96. The number of nitrogens with one attached hydrogen (secondary N) is 3. The minimum Gasteiger partial charge on any atom is -0.360 e. The highest BCUT2D eigenvalue weighted by Crippen LogP contribution is 2.25. The molecule has 0 aliphatic heterocycles. The van der Waals surface area contributed by atoms with Crippen molar-refractivity contribution in [3.05, 3.63) is 47.5 Å². The van der Waals surface area contributed by atoms with Gasteiger partial charge in [0.1, 0.15) is 11.5 Å². The number of aromatic nitrogens is 3. The minimum atomic E-state index is -3.78. The van der Waals surface area contributed by atoms with E-state index < -0.39 is 10.0 Å². The molecule has 3 N–H and O–H groups in total.